The van der Waals surface area contributed by atoms with Crippen molar-refractivity contribution in [3.8, 4) is 11.5 Å². The number of Topliss-reactive ketones (excluding diaryl/α,β-unsaturated/α-hetero) is 1. The summed E-state index contributed by atoms with van der Waals surface area (Å²) in [5.74, 6) is 1.36. The highest BCUT2D eigenvalue weighted by Crippen LogP contribution is 2.60. The first-order valence-corrected chi connectivity index (χ1v) is 9.11. The van der Waals surface area contributed by atoms with Gasteiger partial charge in [-0.15, -0.1) is 0 Å². The molecule has 24 heavy (non-hydrogen) atoms. The smallest absolute Gasteiger partial charge is 0.165 e. The lowest BCUT2D eigenvalue weighted by molar-refractivity contribution is 0.0354. The minimum atomic E-state index is -0.122. The van der Waals surface area contributed by atoms with Crippen LogP contribution in [-0.2, 0) is 5.41 Å². The summed E-state index contributed by atoms with van der Waals surface area (Å²) in [7, 11) is 1.60. The van der Waals surface area contributed by atoms with E-state index in [0.717, 1.165) is 36.0 Å². The third-order valence-corrected chi connectivity index (χ3v) is 6.60. The lowest BCUT2D eigenvalue weighted by atomic mass is 9.50. The molecule has 1 aromatic rings. The van der Waals surface area contributed by atoms with Gasteiger partial charge in [0.25, 0.3) is 0 Å². The zero-order chi connectivity index (χ0) is 17.9. The number of carbonyl (C=O) groups is 1. The van der Waals surface area contributed by atoms with Gasteiger partial charge in [-0.25, -0.2) is 0 Å². The maximum atomic E-state index is 13.0. The molecule has 2 aliphatic carbocycles. The van der Waals surface area contributed by atoms with Crippen LogP contribution >= 0.6 is 0 Å². The Morgan fingerprint density at radius 1 is 1.25 bits per heavy atom. The van der Waals surface area contributed by atoms with Crippen LogP contribution in [0.15, 0.2) is 6.07 Å². The molecule has 0 spiro atoms. The highest BCUT2D eigenvalue weighted by molar-refractivity contribution is 6.01. The van der Waals surface area contributed by atoms with Crippen LogP contribution in [0, 0.1) is 11.3 Å². The first kappa shape index (κ1) is 17.3. The predicted octanol–water partition coefficient (Wildman–Crippen LogP) is 5.19. The summed E-state index contributed by atoms with van der Waals surface area (Å²) in [6.07, 6.45) is 3.93. The topological polar surface area (TPSA) is 46.5 Å². The molecule has 0 bridgehead atoms. The molecule has 0 unspecified atom stereocenters. The second-order valence-electron chi connectivity index (χ2n) is 8.86. The van der Waals surface area contributed by atoms with Gasteiger partial charge in [0.1, 0.15) is 0 Å². The summed E-state index contributed by atoms with van der Waals surface area (Å²) in [6, 6.07) is 1.92. The Kier molecular flexibility index (Phi) is 3.97. The highest BCUT2D eigenvalue weighted by Gasteiger charge is 2.53. The number of aromatic hydroxyl groups is 1. The Hall–Kier alpha value is -1.51. The molecule has 1 fully saturated rings. The van der Waals surface area contributed by atoms with Crippen molar-refractivity contribution in [3.05, 3.63) is 22.8 Å². The highest BCUT2D eigenvalue weighted by atomic mass is 16.5. The Bertz CT molecular complexity index is 687. The van der Waals surface area contributed by atoms with Crippen molar-refractivity contribution in [3.63, 3.8) is 0 Å². The van der Waals surface area contributed by atoms with Gasteiger partial charge in [-0.1, -0.05) is 41.0 Å². The van der Waals surface area contributed by atoms with E-state index in [2.05, 4.69) is 20.8 Å². The number of ketones is 1. The quantitative estimate of drug-likeness (QED) is 0.811. The monoisotopic (exact) mass is 330 g/mol. The molecule has 1 aromatic carbocycles. The molecule has 0 aliphatic heterocycles. The molecule has 0 heterocycles. The minimum Gasteiger partial charge on any atom is -0.504 e. The van der Waals surface area contributed by atoms with Gasteiger partial charge >= 0.3 is 0 Å². The molecule has 2 atom stereocenters. The number of phenols is 1. The van der Waals surface area contributed by atoms with Crippen molar-refractivity contribution in [1.82, 2.24) is 0 Å². The van der Waals surface area contributed by atoms with Crippen LogP contribution in [0.2, 0.25) is 0 Å². The molecule has 3 heteroatoms. The number of benzene rings is 1. The van der Waals surface area contributed by atoms with Crippen molar-refractivity contribution >= 4 is 5.78 Å². The average Bonchev–Trinajstić information content (AvgIpc) is 2.48. The number of hydrogen-bond donors (Lipinski definition) is 1. The van der Waals surface area contributed by atoms with E-state index in [1.165, 1.54) is 0 Å². The van der Waals surface area contributed by atoms with E-state index in [-0.39, 0.29) is 34.2 Å². The fourth-order valence-electron chi connectivity index (χ4n) is 5.31. The van der Waals surface area contributed by atoms with Crippen molar-refractivity contribution < 1.29 is 14.6 Å². The molecule has 132 valence electrons. The summed E-state index contributed by atoms with van der Waals surface area (Å²) >= 11 is 0. The molecule has 2 aliphatic rings. The van der Waals surface area contributed by atoms with Gasteiger partial charge in [0.2, 0.25) is 0 Å². The lowest BCUT2D eigenvalue weighted by Gasteiger charge is -2.54. The standard InChI is InChI=1S/C21H30O3/c1-12(2)13-10-14-15(22)11-16-20(3,4)8-7-9-21(16,5)17(14)19(24-6)18(13)23/h10,12,16,23H,7-9,11H2,1-6H3/t16-,21-/m0/s1. The lowest BCUT2D eigenvalue weighted by Crippen LogP contribution is -2.49. The van der Waals surface area contributed by atoms with E-state index in [1.54, 1.807) is 7.11 Å². The minimum absolute atomic E-state index is 0.122. The van der Waals surface area contributed by atoms with Crippen LogP contribution in [0.5, 0.6) is 11.5 Å². The van der Waals surface area contributed by atoms with Gasteiger partial charge in [-0.2, -0.15) is 0 Å². The summed E-state index contributed by atoms with van der Waals surface area (Å²) in [5, 5.41) is 10.8. The molecule has 0 saturated heterocycles. The number of hydrogen-bond acceptors (Lipinski definition) is 3. The third kappa shape index (κ3) is 2.28. The van der Waals surface area contributed by atoms with Crippen molar-refractivity contribution in [2.45, 2.75) is 71.6 Å². The van der Waals surface area contributed by atoms with Gasteiger partial charge in [0.15, 0.2) is 17.3 Å². The second kappa shape index (κ2) is 5.50. The number of carbonyl (C=O) groups excluding carboxylic acids is 1. The van der Waals surface area contributed by atoms with Gasteiger partial charge < -0.3 is 9.84 Å². The van der Waals surface area contributed by atoms with Gasteiger partial charge in [-0.05, 0) is 36.2 Å². The van der Waals surface area contributed by atoms with Gasteiger partial charge in [0.05, 0.1) is 7.11 Å². The zero-order valence-corrected chi connectivity index (χ0v) is 15.8. The maximum Gasteiger partial charge on any atom is 0.165 e. The van der Waals surface area contributed by atoms with Crippen LogP contribution in [0.1, 0.15) is 87.7 Å². The van der Waals surface area contributed by atoms with E-state index in [4.69, 9.17) is 4.74 Å². The molecular weight excluding hydrogens is 300 g/mol. The first-order valence-electron chi connectivity index (χ1n) is 9.11. The SMILES string of the molecule is COc1c(O)c(C(C)C)cc2c1[C@@]1(C)CCCC(C)(C)[C@@H]1CC2=O. The largest absolute Gasteiger partial charge is 0.504 e. The molecule has 0 radical (unpaired) electrons. The van der Waals surface area contributed by atoms with Crippen LogP contribution in [-0.4, -0.2) is 18.0 Å². The Morgan fingerprint density at radius 2 is 1.92 bits per heavy atom. The maximum absolute atomic E-state index is 13.0. The van der Waals surface area contributed by atoms with E-state index in [1.807, 2.05) is 19.9 Å². The van der Waals surface area contributed by atoms with Crippen LogP contribution < -0.4 is 4.74 Å². The first-order chi connectivity index (χ1) is 11.1. The normalized spacial score (nSPS) is 28.5. The van der Waals surface area contributed by atoms with Crippen LogP contribution in [0.4, 0.5) is 0 Å². The third-order valence-electron chi connectivity index (χ3n) is 6.60. The molecule has 1 N–H and O–H groups in total. The summed E-state index contributed by atoms with van der Waals surface area (Å²) < 4.78 is 5.66. The second-order valence-corrected chi connectivity index (χ2v) is 8.86. The van der Waals surface area contributed by atoms with Crippen molar-refractivity contribution in [2.75, 3.05) is 7.11 Å². The fraction of sp³-hybridized carbons (Fsp3) is 0.667. The summed E-state index contributed by atoms with van der Waals surface area (Å²) in [6.45, 7) is 10.9. The number of fused-ring (bicyclic) bond motifs is 3. The van der Waals surface area contributed by atoms with Crippen molar-refractivity contribution in [1.29, 1.82) is 0 Å². The van der Waals surface area contributed by atoms with Crippen LogP contribution in [0.3, 0.4) is 0 Å². The molecule has 3 nitrogen and oxygen atoms in total. The van der Waals surface area contributed by atoms with Crippen LogP contribution in [0.25, 0.3) is 0 Å². The zero-order valence-electron chi connectivity index (χ0n) is 15.8. The molecule has 3 rings (SSSR count). The molecule has 1 saturated carbocycles. The van der Waals surface area contributed by atoms with Crippen molar-refractivity contribution in [2.24, 2.45) is 11.3 Å². The molecular formula is C21H30O3. The Balaban J connectivity index is 2.32. The Labute approximate surface area is 145 Å². The number of methoxy groups -OCH3 is 1. The molecule has 0 amide bonds. The predicted molar refractivity (Wildman–Crippen MR) is 96.2 cm³/mol. The van der Waals surface area contributed by atoms with Gasteiger partial charge in [-0.3, -0.25) is 4.79 Å². The summed E-state index contributed by atoms with van der Waals surface area (Å²) in [4.78, 5) is 13.0. The Morgan fingerprint density at radius 3 is 2.50 bits per heavy atom. The summed E-state index contributed by atoms with van der Waals surface area (Å²) in [5.41, 5.74) is 2.52. The van der Waals surface area contributed by atoms with Gasteiger partial charge in [0, 0.05) is 28.5 Å². The molecule has 0 aromatic heterocycles. The number of ether oxygens (including phenoxy) is 1. The fourth-order valence-corrected chi connectivity index (χ4v) is 5.31. The number of rotatable bonds is 2. The van der Waals surface area contributed by atoms with E-state index < -0.39 is 0 Å². The van der Waals surface area contributed by atoms with E-state index >= 15 is 0 Å². The number of phenolic OH excluding ortho intramolecular Hbond substituents is 1. The van der Waals surface area contributed by atoms with E-state index in [0.29, 0.717) is 12.2 Å². The average molecular weight is 330 g/mol. The van der Waals surface area contributed by atoms with E-state index in [9.17, 15) is 9.90 Å².